The molecule has 1 rings (SSSR count). The Morgan fingerprint density at radius 3 is 2.38 bits per heavy atom. The molecule has 1 saturated carbocycles. The Labute approximate surface area is 132 Å². The molecule has 1 aliphatic carbocycles. The fourth-order valence-corrected chi connectivity index (χ4v) is 4.04. The van der Waals surface area contributed by atoms with Gasteiger partial charge in [0.2, 0.25) is 0 Å². The summed E-state index contributed by atoms with van der Waals surface area (Å²) in [6.07, 6.45) is 7.90. The highest BCUT2D eigenvalue weighted by atomic mass is 16.5. The molecule has 1 aliphatic rings. The molecule has 0 bridgehead atoms. The van der Waals surface area contributed by atoms with Crippen LogP contribution in [0.15, 0.2) is 0 Å². The van der Waals surface area contributed by atoms with E-state index in [9.17, 15) is 0 Å². The van der Waals surface area contributed by atoms with Gasteiger partial charge in [-0.3, -0.25) is 4.90 Å². The van der Waals surface area contributed by atoms with Crippen LogP contribution in [-0.2, 0) is 4.74 Å². The molecule has 0 aromatic rings. The number of ether oxygens (including phenoxy) is 1. The number of nitrogens with zero attached hydrogens (tertiary/aromatic N) is 1. The van der Waals surface area contributed by atoms with Gasteiger partial charge < -0.3 is 10.1 Å². The Balaban J connectivity index is 2.85. The molecule has 0 spiro atoms. The zero-order valence-electron chi connectivity index (χ0n) is 15.0. The highest BCUT2D eigenvalue weighted by molar-refractivity contribution is 4.93. The first-order valence-electron chi connectivity index (χ1n) is 9.19. The summed E-state index contributed by atoms with van der Waals surface area (Å²) in [5.74, 6) is 0.907. The molecule has 0 radical (unpaired) electrons. The van der Waals surface area contributed by atoms with Gasteiger partial charge in [0, 0.05) is 31.8 Å². The summed E-state index contributed by atoms with van der Waals surface area (Å²) in [5, 5.41) is 3.76. The van der Waals surface area contributed by atoms with Crippen molar-refractivity contribution < 1.29 is 4.74 Å². The van der Waals surface area contributed by atoms with Gasteiger partial charge in [-0.25, -0.2) is 0 Å². The lowest BCUT2D eigenvalue weighted by atomic mass is 9.79. The fraction of sp³-hybridized carbons (Fsp3) is 1.00. The summed E-state index contributed by atoms with van der Waals surface area (Å²) in [7, 11) is 1.82. The number of hydrogen-bond donors (Lipinski definition) is 1. The van der Waals surface area contributed by atoms with Gasteiger partial charge >= 0.3 is 0 Å². The first-order valence-corrected chi connectivity index (χ1v) is 9.19. The molecule has 0 heterocycles. The molecule has 0 aromatic heterocycles. The molecule has 3 atom stereocenters. The van der Waals surface area contributed by atoms with Crippen LogP contribution >= 0.6 is 0 Å². The lowest BCUT2D eigenvalue weighted by Gasteiger charge is -2.46. The number of nitrogens with one attached hydrogen (secondary N) is 1. The Morgan fingerprint density at radius 1 is 1.14 bits per heavy atom. The van der Waals surface area contributed by atoms with Gasteiger partial charge in [0.15, 0.2) is 0 Å². The topological polar surface area (TPSA) is 24.5 Å². The summed E-state index contributed by atoms with van der Waals surface area (Å²) in [4.78, 5) is 2.76. The number of hydrogen-bond acceptors (Lipinski definition) is 3. The second-order valence-corrected chi connectivity index (χ2v) is 6.52. The summed E-state index contributed by atoms with van der Waals surface area (Å²) >= 11 is 0. The van der Waals surface area contributed by atoms with Crippen molar-refractivity contribution in [3.8, 4) is 0 Å². The maximum atomic E-state index is 5.39. The van der Waals surface area contributed by atoms with Gasteiger partial charge in [-0.2, -0.15) is 0 Å². The Morgan fingerprint density at radius 2 is 1.86 bits per heavy atom. The Bertz CT molecular complexity index is 256. The van der Waals surface area contributed by atoms with Crippen molar-refractivity contribution >= 4 is 0 Å². The molecule has 126 valence electrons. The minimum atomic E-state index is 0.662. The molecule has 0 aromatic carbocycles. The second-order valence-electron chi connectivity index (χ2n) is 6.52. The average molecular weight is 299 g/mol. The Hall–Kier alpha value is -0.120. The first-order chi connectivity index (χ1) is 10.2. The molecule has 3 nitrogen and oxygen atoms in total. The normalized spacial score (nSPS) is 26.7. The average Bonchev–Trinajstić information content (AvgIpc) is 2.52. The lowest BCUT2D eigenvalue weighted by molar-refractivity contribution is 0.0332. The molecule has 3 heteroatoms. The van der Waals surface area contributed by atoms with E-state index in [0.29, 0.717) is 18.1 Å². The maximum absolute atomic E-state index is 5.39. The van der Waals surface area contributed by atoms with E-state index in [1.807, 2.05) is 7.11 Å². The molecule has 0 saturated heterocycles. The van der Waals surface area contributed by atoms with Gasteiger partial charge in [-0.1, -0.05) is 34.1 Å². The number of methoxy groups -OCH3 is 1. The van der Waals surface area contributed by atoms with Crippen LogP contribution in [0.4, 0.5) is 0 Å². The number of rotatable bonds is 10. The van der Waals surface area contributed by atoms with Crippen LogP contribution in [-0.4, -0.2) is 49.8 Å². The lowest BCUT2D eigenvalue weighted by Crippen LogP contribution is -2.56. The minimum Gasteiger partial charge on any atom is -0.383 e. The van der Waals surface area contributed by atoms with Crippen LogP contribution < -0.4 is 5.32 Å². The third kappa shape index (κ3) is 5.54. The van der Waals surface area contributed by atoms with Crippen molar-refractivity contribution in [2.75, 3.05) is 26.8 Å². The second kappa shape index (κ2) is 10.6. The van der Waals surface area contributed by atoms with E-state index in [1.165, 1.54) is 38.5 Å². The molecule has 0 amide bonds. The van der Waals surface area contributed by atoms with Gasteiger partial charge in [0.05, 0.1) is 6.61 Å². The standard InChI is InChI=1S/C18H38N2O/c1-6-15-10-11-17(19-9-4)18(14-15)20(12-13-21-5)16(7-2)8-3/h15-19H,6-14H2,1-5H3. The third-order valence-corrected chi connectivity index (χ3v) is 5.36. The van der Waals surface area contributed by atoms with Crippen molar-refractivity contribution in [3.05, 3.63) is 0 Å². The van der Waals surface area contributed by atoms with Crippen molar-refractivity contribution in [1.82, 2.24) is 10.2 Å². The monoisotopic (exact) mass is 298 g/mol. The van der Waals surface area contributed by atoms with Gasteiger partial charge in [0.1, 0.15) is 0 Å². The van der Waals surface area contributed by atoms with Gasteiger partial charge in [0.25, 0.3) is 0 Å². The molecule has 1 N–H and O–H groups in total. The minimum absolute atomic E-state index is 0.662. The van der Waals surface area contributed by atoms with Crippen molar-refractivity contribution in [1.29, 1.82) is 0 Å². The van der Waals surface area contributed by atoms with E-state index in [0.717, 1.165) is 25.6 Å². The van der Waals surface area contributed by atoms with Crippen LogP contribution in [0.25, 0.3) is 0 Å². The molecule has 0 aliphatic heterocycles. The fourth-order valence-electron chi connectivity index (χ4n) is 4.04. The van der Waals surface area contributed by atoms with Gasteiger partial charge in [-0.05, 0) is 44.6 Å². The van der Waals surface area contributed by atoms with Crippen molar-refractivity contribution in [2.24, 2.45) is 5.92 Å². The van der Waals surface area contributed by atoms with Crippen molar-refractivity contribution in [3.63, 3.8) is 0 Å². The van der Waals surface area contributed by atoms with E-state index in [4.69, 9.17) is 4.74 Å². The van der Waals surface area contributed by atoms with E-state index in [1.54, 1.807) is 0 Å². The largest absolute Gasteiger partial charge is 0.383 e. The highest BCUT2D eigenvalue weighted by Gasteiger charge is 2.35. The summed E-state index contributed by atoms with van der Waals surface area (Å²) in [5.41, 5.74) is 0. The first kappa shape index (κ1) is 18.9. The molecule has 3 unspecified atom stereocenters. The predicted molar refractivity (Wildman–Crippen MR) is 91.8 cm³/mol. The zero-order chi connectivity index (χ0) is 15.7. The molecular formula is C18H38N2O. The van der Waals surface area contributed by atoms with Crippen LogP contribution in [0.1, 0.15) is 66.2 Å². The maximum Gasteiger partial charge on any atom is 0.0589 e. The quantitative estimate of drug-likeness (QED) is 0.666. The van der Waals surface area contributed by atoms with Crippen LogP contribution in [0.3, 0.4) is 0 Å². The van der Waals surface area contributed by atoms with E-state index < -0.39 is 0 Å². The zero-order valence-corrected chi connectivity index (χ0v) is 15.0. The number of likely N-dealkylation sites (N-methyl/N-ethyl adjacent to an activating group) is 1. The highest BCUT2D eigenvalue weighted by Crippen LogP contribution is 2.32. The SMILES string of the molecule is CCNC1CCC(CC)CC1N(CCOC)C(CC)CC. The molecular weight excluding hydrogens is 260 g/mol. The smallest absolute Gasteiger partial charge is 0.0589 e. The summed E-state index contributed by atoms with van der Waals surface area (Å²) in [6, 6.07) is 2.04. The van der Waals surface area contributed by atoms with Crippen LogP contribution in [0, 0.1) is 5.92 Å². The van der Waals surface area contributed by atoms with E-state index >= 15 is 0 Å². The van der Waals surface area contributed by atoms with E-state index in [2.05, 4.69) is 37.9 Å². The van der Waals surface area contributed by atoms with Crippen molar-refractivity contribution in [2.45, 2.75) is 84.3 Å². The molecule has 21 heavy (non-hydrogen) atoms. The summed E-state index contributed by atoms with van der Waals surface area (Å²) < 4.78 is 5.39. The Kier molecular flexibility index (Phi) is 9.54. The van der Waals surface area contributed by atoms with Gasteiger partial charge in [-0.15, -0.1) is 0 Å². The summed E-state index contributed by atoms with van der Waals surface area (Å²) in [6.45, 7) is 12.3. The van der Waals surface area contributed by atoms with Crippen LogP contribution in [0.5, 0.6) is 0 Å². The van der Waals surface area contributed by atoms with E-state index in [-0.39, 0.29) is 0 Å². The third-order valence-electron chi connectivity index (χ3n) is 5.36. The van der Waals surface area contributed by atoms with Crippen LogP contribution in [0.2, 0.25) is 0 Å². The predicted octanol–water partition coefficient (Wildman–Crippen LogP) is 3.68. The molecule has 1 fully saturated rings.